The van der Waals surface area contributed by atoms with Gasteiger partial charge in [-0.1, -0.05) is 93.8 Å². The summed E-state index contributed by atoms with van der Waals surface area (Å²) in [4.78, 5) is 29.5. The molecular formula is C76H97N5O14S4+2. The lowest BCUT2D eigenvalue weighted by molar-refractivity contribution is -0.437. The van der Waals surface area contributed by atoms with Crippen LogP contribution in [0.1, 0.15) is 178 Å². The van der Waals surface area contributed by atoms with Gasteiger partial charge in [-0.3, -0.25) is 23.0 Å². The number of hydrogen-bond donors (Lipinski definition) is 5. The van der Waals surface area contributed by atoms with Crippen molar-refractivity contribution in [1.29, 1.82) is 0 Å². The van der Waals surface area contributed by atoms with E-state index in [4.69, 9.17) is 0 Å². The number of carbonyl (C=O) groups is 2. The molecule has 1 atom stereocenters. The fourth-order valence-corrected chi connectivity index (χ4v) is 17.4. The van der Waals surface area contributed by atoms with Gasteiger partial charge in [0.2, 0.25) is 17.3 Å². The van der Waals surface area contributed by atoms with Crippen molar-refractivity contribution in [2.75, 3.05) is 53.2 Å². The molecule has 4 aliphatic heterocycles. The minimum Gasteiger partial charge on any atom is -0.352 e. The zero-order valence-electron chi connectivity index (χ0n) is 58.6. The predicted octanol–water partition coefficient (Wildman–Crippen LogP) is 13.9. The van der Waals surface area contributed by atoms with E-state index in [1.54, 1.807) is 13.0 Å². The Morgan fingerprint density at radius 2 is 1.14 bits per heavy atom. The number of anilines is 2. The third-order valence-electron chi connectivity index (χ3n) is 20.2. The predicted molar refractivity (Wildman–Crippen MR) is 395 cm³/mol. The summed E-state index contributed by atoms with van der Waals surface area (Å²) in [7, 11) is -17.5. The van der Waals surface area contributed by atoms with Crippen molar-refractivity contribution in [3.8, 4) is 0 Å². The van der Waals surface area contributed by atoms with Crippen LogP contribution in [0.5, 0.6) is 0 Å². The van der Waals surface area contributed by atoms with E-state index in [1.807, 2.05) is 77.9 Å². The number of nitrogens with zero attached hydrogens (tertiary/aromatic N) is 4. The summed E-state index contributed by atoms with van der Waals surface area (Å²) in [6, 6.07) is 26.8. The topological polar surface area (TPSA) is 276 Å². The van der Waals surface area contributed by atoms with E-state index in [1.165, 1.54) is 34.5 Å². The largest absolute Gasteiger partial charge is 0.352 e. The molecule has 5 N–H and O–H groups in total. The van der Waals surface area contributed by atoms with Gasteiger partial charge in [0.05, 0.1) is 33.0 Å². The van der Waals surface area contributed by atoms with Crippen molar-refractivity contribution >= 4 is 103 Å². The van der Waals surface area contributed by atoms with Crippen LogP contribution in [0.15, 0.2) is 144 Å². The average Bonchev–Trinajstić information content (AvgIpc) is 1.60. The van der Waals surface area contributed by atoms with Crippen molar-refractivity contribution in [2.24, 2.45) is 0 Å². The summed E-state index contributed by atoms with van der Waals surface area (Å²) in [6.45, 7) is 22.6. The molecule has 0 bridgehead atoms. The highest BCUT2D eigenvalue weighted by Crippen LogP contribution is 2.53. The number of ketones is 1. The second-order valence-corrected chi connectivity index (χ2v) is 34.7. The van der Waals surface area contributed by atoms with Gasteiger partial charge in [0, 0.05) is 114 Å². The highest BCUT2D eigenvalue weighted by molar-refractivity contribution is 7.86. The Morgan fingerprint density at radius 3 is 1.79 bits per heavy atom. The molecule has 1 amide bonds. The Bertz CT molecular complexity index is 4690. The Hall–Kier alpha value is -7.22. The summed E-state index contributed by atoms with van der Waals surface area (Å²) >= 11 is 0. The summed E-state index contributed by atoms with van der Waals surface area (Å²) < 4.78 is 141. The van der Waals surface area contributed by atoms with Gasteiger partial charge in [0.1, 0.15) is 18.9 Å². The molecule has 0 aliphatic carbocycles. The standard InChI is InChI=1S/C76H95N5O14S4/c1-11-25-58-53(2)34-39-64-71(58)74(6,7)67(80(64)43-19-13-14-26-54(3)82)30-20-31-68-75(8,9)72-59-38-35-55(50-56(59)36-40-65(72)81(68)46-24-49-98(90,91)92)52-77-70(83)33-15-12-18-42-76(10)61-51-57(99(93,94)95)37-41-63(61)79(45-23-48-97(87,88)89)69(76)32-21-29-66-73(4,5)60-27-16-17-28-62(60)78(66)44-22-47-96(84,85)86/h11,16-17,20-21,25,27-32,34-41,50-51H,12-15,18-19,22-24,26,33,42-49,52H2,1-10H3,(H3-2,77,83,84,85,86,87,88,89,90,91,92,93,94,95)/p+2. The number of amides is 1. The number of Topliss-reactive ketones (excluding diaryl/α,β-unsaturated/α-hetero) is 1. The average molecular weight is 1430 g/mol. The van der Waals surface area contributed by atoms with E-state index in [0.29, 0.717) is 55.6 Å². The first-order valence-corrected chi connectivity index (χ1v) is 40.4. The van der Waals surface area contributed by atoms with Crippen molar-refractivity contribution < 1.29 is 70.6 Å². The van der Waals surface area contributed by atoms with Crippen LogP contribution in [0.25, 0.3) is 16.8 Å². The summed E-state index contributed by atoms with van der Waals surface area (Å²) in [5.41, 5.74) is 12.1. The summed E-state index contributed by atoms with van der Waals surface area (Å²) in [5, 5.41) is 5.08. The number of carbonyl (C=O) groups excluding carboxylic acids is 2. The zero-order valence-corrected chi connectivity index (χ0v) is 61.9. The number of allylic oxidation sites excluding steroid dienone is 9. The Balaban J connectivity index is 0.921. The third-order valence-corrected chi connectivity index (χ3v) is 23.5. The van der Waals surface area contributed by atoms with Gasteiger partial charge in [-0.05, 0) is 175 Å². The lowest BCUT2D eigenvalue weighted by atomic mass is 9.77. The van der Waals surface area contributed by atoms with Crippen molar-refractivity contribution in [2.45, 2.75) is 179 Å². The first-order valence-electron chi connectivity index (χ1n) is 34.2. The number of benzene rings is 5. The number of aryl methyl sites for hydroxylation is 1. The first kappa shape index (κ1) is 76.0. The maximum Gasteiger partial charge on any atom is 0.294 e. The molecule has 0 saturated heterocycles. The number of nitrogens with one attached hydrogen (secondary N) is 1. The second kappa shape index (κ2) is 30.2. The van der Waals surface area contributed by atoms with Gasteiger partial charge in [-0.15, -0.1) is 0 Å². The maximum atomic E-state index is 13.7. The van der Waals surface area contributed by atoms with Crippen molar-refractivity contribution in [1.82, 2.24) is 5.32 Å². The van der Waals surface area contributed by atoms with E-state index in [2.05, 4.69) is 124 Å². The van der Waals surface area contributed by atoms with Gasteiger partial charge in [0.15, 0.2) is 11.4 Å². The third kappa shape index (κ3) is 17.2. The number of fused-ring (bicyclic) bond motifs is 6. The van der Waals surface area contributed by atoms with Crippen LogP contribution in [0.4, 0.5) is 22.7 Å². The second-order valence-electron chi connectivity index (χ2n) is 28.6. The summed E-state index contributed by atoms with van der Waals surface area (Å²) in [5.74, 6) is -1.30. The van der Waals surface area contributed by atoms with Crippen LogP contribution in [0, 0.1) is 6.92 Å². The molecule has 5 aromatic rings. The van der Waals surface area contributed by atoms with Gasteiger partial charge in [0.25, 0.3) is 40.5 Å². The van der Waals surface area contributed by atoms with Crippen LogP contribution in [-0.4, -0.2) is 128 Å². The molecule has 0 spiro atoms. The number of para-hydroxylation sites is 1. The molecule has 4 heterocycles. The highest BCUT2D eigenvalue weighted by atomic mass is 32.2. The quantitative estimate of drug-likeness (QED) is 0.0152. The van der Waals surface area contributed by atoms with Gasteiger partial charge in [-0.25, -0.2) is 0 Å². The van der Waals surface area contributed by atoms with Crippen LogP contribution in [0.2, 0.25) is 0 Å². The molecule has 99 heavy (non-hydrogen) atoms. The Labute approximate surface area is 585 Å². The molecule has 4 aliphatic rings. The maximum absolute atomic E-state index is 13.7. The monoisotopic (exact) mass is 1430 g/mol. The zero-order chi connectivity index (χ0) is 72.3. The SMILES string of the molecule is CC=Cc1c(C)ccc2c1C(C)(C)C(=CC=CC1=[N+](CCCS(=O)(=O)O)c3ccc4cc(CNC(=O)CCCCCC5(C)C(=CC=CC6=[N+](CCCS(=O)(=O)O)c7ccccc7C6(C)C)N(CCCS(=O)(=O)O)c6ccc(S(=O)(=O)O)cc65)ccc4c3C1(C)C)N2CCCCCC(C)=O. The van der Waals surface area contributed by atoms with Crippen molar-refractivity contribution in [3.63, 3.8) is 0 Å². The molecule has 532 valence electrons. The molecule has 5 aromatic carbocycles. The van der Waals surface area contributed by atoms with Crippen LogP contribution in [0.3, 0.4) is 0 Å². The van der Waals surface area contributed by atoms with Crippen LogP contribution in [-0.2, 0) is 78.3 Å². The van der Waals surface area contributed by atoms with Crippen LogP contribution < -0.4 is 15.1 Å². The number of hydrogen-bond acceptors (Lipinski definition) is 12. The highest BCUT2D eigenvalue weighted by Gasteiger charge is 2.48. The van der Waals surface area contributed by atoms with Crippen LogP contribution >= 0.6 is 0 Å². The Kier molecular flexibility index (Phi) is 23.1. The fraction of sp³-hybridized carbons (Fsp3) is 0.447. The van der Waals surface area contributed by atoms with Gasteiger partial charge in [-0.2, -0.15) is 42.8 Å². The normalized spacial score (nSPS) is 18.9. The molecule has 19 nitrogen and oxygen atoms in total. The van der Waals surface area contributed by atoms with E-state index >= 15 is 0 Å². The van der Waals surface area contributed by atoms with E-state index in [9.17, 15) is 61.5 Å². The Morgan fingerprint density at radius 1 is 0.556 bits per heavy atom. The molecule has 1 unspecified atom stereocenters. The first-order chi connectivity index (χ1) is 46.4. The van der Waals surface area contributed by atoms with E-state index in [-0.39, 0.29) is 67.3 Å². The molecular weight excluding hydrogens is 1340 g/mol. The minimum absolute atomic E-state index is 0.0193. The number of unbranched alkanes of at least 4 members (excludes halogenated alkanes) is 4. The van der Waals surface area contributed by atoms with Crippen molar-refractivity contribution in [3.05, 3.63) is 178 Å². The van der Waals surface area contributed by atoms with Gasteiger partial charge >= 0.3 is 0 Å². The van der Waals surface area contributed by atoms with E-state index < -0.39 is 74.0 Å². The smallest absolute Gasteiger partial charge is 0.294 e. The molecule has 0 aromatic heterocycles. The van der Waals surface area contributed by atoms with E-state index in [0.717, 1.165) is 81.8 Å². The lowest BCUT2D eigenvalue weighted by Gasteiger charge is -2.30. The molecule has 23 heteroatoms. The van der Waals surface area contributed by atoms with Gasteiger partial charge < -0.3 is 19.9 Å². The summed E-state index contributed by atoms with van der Waals surface area (Å²) in [6.07, 6.45) is 22.4. The fourth-order valence-electron chi connectivity index (χ4n) is 15.4. The lowest BCUT2D eigenvalue weighted by Crippen LogP contribution is -2.30. The molecule has 9 rings (SSSR count). The molecule has 0 fully saturated rings. The minimum atomic E-state index is -4.66. The molecule has 0 saturated carbocycles. The number of rotatable bonds is 32. The molecule has 0 radical (unpaired) electrons.